The number of nitrogens with one attached hydrogen (secondary N) is 1. The van der Waals surface area contributed by atoms with Gasteiger partial charge < -0.3 is 10.1 Å². The molecule has 0 bridgehead atoms. The number of nitrogens with zero attached hydrogens (tertiary/aromatic N) is 2. The van der Waals surface area contributed by atoms with Crippen LogP contribution < -0.4 is 10.1 Å². The van der Waals surface area contributed by atoms with Gasteiger partial charge in [0.25, 0.3) is 0 Å². The number of Topliss-reactive ketones (excluding diaryl/α,β-unsaturated/α-hetero) is 1. The minimum Gasteiger partial charge on any atom is -0.374 e. The minimum atomic E-state index is -0.635. The first-order chi connectivity index (χ1) is 11.2. The molecule has 0 fully saturated rings. The smallest absolute Gasteiger partial charge is 0.374 e. The molecule has 0 aliphatic heterocycles. The molecule has 0 aliphatic carbocycles. The monoisotopic (exact) mass is 327 g/mol. The molecule has 0 saturated heterocycles. The number of aromatic nitrogens is 2. The maximum atomic E-state index is 12.3. The second kappa shape index (κ2) is 7.21. The molecule has 126 valence electrons. The van der Waals surface area contributed by atoms with Crippen LogP contribution in [0.15, 0.2) is 36.5 Å². The van der Waals surface area contributed by atoms with Crippen molar-refractivity contribution in [2.45, 2.75) is 39.7 Å². The lowest BCUT2D eigenvalue weighted by atomic mass is 10.0. The summed E-state index contributed by atoms with van der Waals surface area (Å²) in [6, 6.07) is 8.92. The van der Waals surface area contributed by atoms with Gasteiger partial charge in [-0.1, -0.05) is 23.8 Å². The van der Waals surface area contributed by atoms with Crippen LogP contribution in [0.5, 0.6) is 6.01 Å². The number of benzene rings is 1. The molecule has 1 aromatic carbocycles. The predicted molar refractivity (Wildman–Crippen MR) is 90.2 cm³/mol. The molecular formula is C18H21N3O3. The third kappa shape index (κ3) is 5.46. The highest BCUT2D eigenvalue weighted by Gasteiger charge is 2.17. The van der Waals surface area contributed by atoms with Gasteiger partial charge in [-0.15, -0.1) is 0 Å². The van der Waals surface area contributed by atoms with E-state index in [4.69, 9.17) is 4.74 Å². The first-order valence-electron chi connectivity index (χ1n) is 7.65. The van der Waals surface area contributed by atoms with E-state index in [-0.39, 0.29) is 18.2 Å². The van der Waals surface area contributed by atoms with Crippen molar-refractivity contribution < 1.29 is 14.3 Å². The van der Waals surface area contributed by atoms with Crippen LogP contribution in [0.4, 0.5) is 4.79 Å². The maximum absolute atomic E-state index is 12.3. The standard InChI is InChI=1S/C18H21N3O3/c1-12-6-5-7-13(10-12)15(22)11-14-8-9-19-16(20-14)24-17(23)21-18(2,3)4/h5-10H,11H2,1-4H3,(H,21,23). The Morgan fingerprint density at radius 3 is 2.62 bits per heavy atom. The van der Waals surface area contributed by atoms with Crippen molar-refractivity contribution >= 4 is 11.9 Å². The molecular weight excluding hydrogens is 306 g/mol. The topological polar surface area (TPSA) is 81.2 Å². The summed E-state index contributed by atoms with van der Waals surface area (Å²) in [6.07, 6.45) is 0.944. The summed E-state index contributed by atoms with van der Waals surface area (Å²) in [6.45, 7) is 7.45. The lowest BCUT2D eigenvalue weighted by Crippen LogP contribution is -2.42. The SMILES string of the molecule is Cc1cccc(C(=O)Cc2ccnc(OC(=O)NC(C)(C)C)n2)c1. The Kier molecular flexibility index (Phi) is 5.28. The first kappa shape index (κ1) is 17.6. The van der Waals surface area contributed by atoms with Gasteiger partial charge in [-0.25, -0.2) is 9.78 Å². The summed E-state index contributed by atoms with van der Waals surface area (Å²) >= 11 is 0. The van der Waals surface area contributed by atoms with Crippen molar-refractivity contribution in [1.29, 1.82) is 0 Å². The Labute approximate surface area is 141 Å². The quantitative estimate of drug-likeness (QED) is 0.873. The molecule has 0 saturated carbocycles. The van der Waals surface area contributed by atoms with E-state index in [0.29, 0.717) is 11.3 Å². The minimum absolute atomic E-state index is 0.0532. The number of carbonyl (C=O) groups is 2. The molecule has 0 spiro atoms. The fraction of sp³-hybridized carbons (Fsp3) is 0.333. The molecule has 2 rings (SSSR count). The van der Waals surface area contributed by atoms with E-state index < -0.39 is 11.6 Å². The molecule has 1 heterocycles. The van der Waals surface area contributed by atoms with E-state index in [1.807, 2.05) is 45.9 Å². The van der Waals surface area contributed by atoms with Crippen molar-refractivity contribution in [3.8, 4) is 6.01 Å². The second-order valence-corrected chi connectivity index (χ2v) is 6.56. The Hall–Kier alpha value is -2.76. The highest BCUT2D eigenvalue weighted by molar-refractivity contribution is 5.97. The largest absolute Gasteiger partial charge is 0.415 e. The lowest BCUT2D eigenvalue weighted by Gasteiger charge is -2.19. The summed E-state index contributed by atoms with van der Waals surface area (Å²) in [4.78, 5) is 32.1. The van der Waals surface area contributed by atoms with Gasteiger partial charge in [0.15, 0.2) is 5.78 Å². The molecule has 1 aromatic heterocycles. The third-order valence-corrected chi connectivity index (χ3v) is 3.03. The fourth-order valence-corrected chi connectivity index (χ4v) is 2.02. The average Bonchev–Trinajstić information content (AvgIpc) is 2.45. The van der Waals surface area contributed by atoms with Crippen LogP contribution in [-0.4, -0.2) is 27.4 Å². The van der Waals surface area contributed by atoms with Crippen LogP contribution in [0.2, 0.25) is 0 Å². The van der Waals surface area contributed by atoms with E-state index >= 15 is 0 Å². The molecule has 0 atom stereocenters. The van der Waals surface area contributed by atoms with Crippen LogP contribution in [0.25, 0.3) is 0 Å². The summed E-state index contributed by atoms with van der Waals surface area (Å²) in [5.74, 6) is -0.0532. The van der Waals surface area contributed by atoms with Crippen molar-refractivity contribution in [3.63, 3.8) is 0 Å². The number of amides is 1. The number of hydrogen-bond donors (Lipinski definition) is 1. The van der Waals surface area contributed by atoms with E-state index in [2.05, 4.69) is 15.3 Å². The predicted octanol–water partition coefficient (Wildman–Crippen LogP) is 3.10. The van der Waals surface area contributed by atoms with Crippen molar-refractivity contribution in [2.24, 2.45) is 0 Å². The lowest BCUT2D eigenvalue weighted by molar-refractivity contribution is 0.0992. The molecule has 0 unspecified atom stereocenters. The Morgan fingerprint density at radius 1 is 1.21 bits per heavy atom. The third-order valence-electron chi connectivity index (χ3n) is 3.03. The molecule has 6 nitrogen and oxygen atoms in total. The molecule has 0 radical (unpaired) electrons. The zero-order valence-corrected chi connectivity index (χ0v) is 14.3. The normalized spacial score (nSPS) is 11.0. The van der Waals surface area contributed by atoms with Crippen LogP contribution in [0, 0.1) is 6.92 Å². The number of hydrogen-bond acceptors (Lipinski definition) is 5. The van der Waals surface area contributed by atoms with E-state index in [1.165, 1.54) is 6.20 Å². The molecule has 1 N–H and O–H groups in total. The van der Waals surface area contributed by atoms with Gasteiger partial charge in [-0.05, 0) is 39.8 Å². The van der Waals surface area contributed by atoms with E-state index in [0.717, 1.165) is 5.56 Å². The van der Waals surface area contributed by atoms with Crippen LogP contribution in [-0.2, 0) is 6.42 Å². The van der Waals surface area contributed by atoms with Gasteiger partial charge in [0.2, 0.25) is 0 Å². The van der Waals surface area contributed by atoms with Crippen LogP contribution in [0.1, 0.15) is 42.4 Å². The van der Waals surface area contributed by atoms with Crippen molar-refractivity contribution in [2.75, 3.05) is 0 Å². The Bertz CT molecular complexity index is 751. The van der Waals surface area contributed by atoms with Gasteiger partial charge in [0.1, 0.15) is 0 Å². The first-order valence-corrected chi connectivity index (χ1v) is 7.65. The number of ether oxygens (including phenoxy) is 1. The number of carbonyl (C=O) groups excluding carboxylic acids is 2. The zero-order valence-electron chi connectivity index (χ0n) is 14.3. The Balaban J connectivity index is 2.05. The zero-order chi connectivity index (χ0) is 17.7. The van der Waals surface area contributed by atoms with Gasteiger partial charge in [0, 0.05) is 17.3 Å². The second-order valence-electron chi connectivity index (χ2n) is 6.56. The average molecular weight is 327 g/mol. The van der Waals surface area contributed by atoms with E-state index in [9.17, 15) is 9.59 Å². The Morgan fingerprint density at radius 2 is 1.96 bits per heavy atom. The maximum Gasteiger partial charge on any atom is 0.415 e. The van der Waals surface area contributed by atoms with Gasteiger partial charge >= 0.3 is 12.1 Å². The summed E-state index contributed by atoms with van der Waals surface area (Å²) in [5, 5.41) is 2.65. The molecule has 24 heavy (non-hydrogen) atoms. The van der Waals surface area contributed by atoms with Gasteiger partial charge in [-0.3, -0.25) is 4.79 Å². The highest BCUT2D eigenvalue weighted by atomic mass is 16.6. The number of aryl methyl sites for hydroxylation is 1. The summed E-state index contributed by atoms with van der Waals surface area (Å²) in [7, 11) is 0. The molecule has 2 aromatic rings. The molecule has 0 aliphatic rings. The number of rotatable bonds is 4. The van der Waals surface area contributed by atoms with Gasteiger partial charge in [-0.2, -0.15) is 4.98 Å². The summed E-state index contributed by atoms with van der Waals surface area (Å²) in [5.41, 5.74) is 1.72. The van der Waals surface area contributed by atoms with Gasteiger partial charge in [0.05, 0.1) is 12.1 Å². The van der Waals surface area contributed by atoms with Crippen LogP contribution >= 0.6 is 0 Å². The van der Waals surface area contributed by atoms with Crippen molar-refractivity contribution in [3.05, 3.63) is 53.3 Å². The summed E-state index contributed by atoms with van der Waals surface area (Å²) < 4.78 is 5.05. The fourth-order valence-electron chi connectivity index (χ4n) is 2.02. The number of ketones is 1. The van der Waals surface area contributed by atoms with Crippen LogP contribution in [0.3, 0.4) is 0 Å². The molecule has 6 heteroatoms. The van der Waals surface area contributed by atoms with E-state index in [1.54, 1.807) is 12.1 Å². The van der Waals surface area contributed by atoms with Crippen molar-refractivity contribution in [1.82, 2.24) is 15.3 Å². The molecule has 1 amide bonds. The highest BCUT2D eigenvalue weighted by Crippen LogP contribution is 2.10.